The summed E-state index contributed by atoms with van der Waals surface area (Å²) < 4.78 is 38.9. The number of aromatic nitrogens is 4. The molecule has 6 nitrogen and oxygen atoms in total. The SMILES string of the molecule is COCCc1noc([C@@H](C)n2ccnc2-c2cc(F)cc(F)c2)n1. The normalized spacial score (nSPS) is 12.5. The zero-order chi connectivity index (χ0) is 17.1. The Hall–Kier alpha value is -2.61. The molecular weight excluding hydrogens is 318 g/mol. The topological polar surface area (TPSA) is 66.0 Å². The van der Waals surface area contributed by atoms with Crippen molar-refractivity contribution in [3.63, 3.8) is 0 Å². The van der Waals surface area contributed by atoms with Crippen LogP contribution in [0.25, 0.3) is 11.4 Å². The molecule has 0 saturated heterocycles. The van der Waals surface area contributed by atoms with Crippen LogP contribution in [0, 0.1) is 11.6 Å². The third-order valence-corrected chi connectivity index (χ3v) is 3.58. The molecule has 0 saturated carbocycles. The van der Waals surface area contributed by atoms with Gasteiger partial charge in [-0.25, -0.2) is 13.8 Å². The Morgan fingerprint density at radius 1 is 1.25 bits per heavy atom. The first kappa shape index (κ1) is 16.3. The lowest BCUT2D eigenvalue weighted by Crippen LogP contribution is -2.08. The second-order valence-electron chi connectivity index (χ2n) is 5.28. The second-order valence-corrected chi connectivity index (χ2v) is 5.28. The van der Waals surface area contributed by atoms with E-state index in [2.05, 4.69) is 15.1 Å². The summed E-state index contributed by atoms with van der Waals surface area (Å²) >= 11 is 0. The molecule has 0 N–H and O–H groups in total. The molecule has 0 bridgehead atoms. The van der Waals surface area contributed by atoms with Crippen molar-refractivity contribution in [3.8, 4) is 11.4 Å². The number of nitrogens with zero attached hydrogens (tertiary/aromatic N) is 4. The average molecular weight is 334 g/mol. The Bertz CT molecular complexity index is 811. The molecule has 24 heavy (non-hydrogen) atoms. The van der Waals surface area contributed by atoms with Gasteiger partial charge in [0.05, 0.1) is 6.61 Å². The van der Waals surface area contributed by atoms with Crippen LogP contribution in [0.15, 0.2) is 35.1 Å². The molecular formula is C16H16F2N4O2. The molecule has 0 radical (unpaired) electrons. The van der Waals surface area contributed by atoms with Crippen LogP contribution in [0.4, 0.5) is 8.78 Å². The second kappa shape index (κ2) is 6.88. The number of methoxy groups -OCH3 is 1. The summed E-state index contributed by atoms with van der Waals surface area (Å²) in [5.41, 5.74) is 0.337. The summed E-state index contributed by atoms with van der Waals surface area (Å²) in [5, 5.41) is 3.90. The molecule has 8 heteroatoms. The molecule has 0 aliphatic heterocycles. The Morgan fingerprint density at radius 3 is 2.71 bits per heavy atom. The van der Waals surface area contributed by atoms with Crippen LogP contribution < -0.4 is 0 Å². The molecule has 1 aromatic carbocycles. The first-order valence-corrected chi connectivity index (χ1v) is 7.39. The van der Waals surface area contributed by atoms with Gasteiger partial charge in [0.1, 0.15) is 23.5 Å². The van der Waals surface area contributed by atoms with Crippen molar-refractivity contribution in [2.24, 2.45) is 0 Å². The van der Waals surface area contributed by atoms with Crippen molar-refractivity contribution in [2.75, 3.05) is 13.7 Å². The molecule has 0 aliphatic rings. The van der Waals surface area contributed by atoms with Crippen molar-refractivity contribution in [1.82, 2.24) is 19.7 Å². The van der Waals surface area contributed by atoms with Crippen LogP contribution in [0.2, 0.25) is 0 Å². The van der Waals surface area contributed by atoms with Crippen LogP contribution >= 0.6 is 0 Å². The zero-order valence-electron chi connectivity index (χ0n) is 13.2. The van der Waals surface area contributed by atoms with E-state index in [-0.39, 0.29) is 6.04 Å². The van der Waals surface area contributed by atoms with Gasteiger partial charge < -0.3 is 13.8 Å². The highest BCUT2D eigenvalue weighted by Gasteiger charge is 2.20. The number of benzene rings is 1. The van der Waals surface area contributed by atoms with E-state index in [1.54, 1.807) is 24.1 Å². The number of hydrogen-bond donors (Lipinski definition) is 0. The largest absolute Gasteiger partial charge is 0.384 e. The summed E-state index contributed by atoms with van der Waals surface area (Å²) in [6.07, 6.45) is 3.79. The first-order chi connectivity index (χ1) is 11.6. The Balaban J connectivity index is 1.90. The highest BCUT2D eigenvalue weighted by Crippen LogP contribution is 2.26. The first-order valence-electron chi connectivity index (χ1n) is 7.39. The van der Waals surface area contributed by atoms with Gasteiger partial charge in [-0.2, -0.15) is 4.98 Å². The Morgan fingerprint density at radius 2 is 2.00 bits per heavy atom. The van der Waals surface area contributed by atoms with E-state index in [0.29, 0.717) is 36.1 Å². The van der Waals surface area contributed by atoms with Gasteiger partial charge in [-0.3, -0.25) is 0 Å². The van der Waals surface area contributed by atoms with E-state index >= 15 is 0 Å². The van der Waals surface area contributed by atoms with Gasteiger partial charge in [0, 0.05) is 37.6 Å². The summed E-state index contributed by atoms with van der Waals surface area (Å²) in [6, 6.07) is 2.94. The van der Waals surface area contributed by atoms with Gasteiger partial charge >= 0.3 is 0 Å². The van der Waals surface area contributed by atoms with E-state index in [9.17, 15) is 8.78 Å². The van der Waals surface area contributed by atoms with Crippen molar-refractivity contribution in [3.05, 3.63) is 53.9 Å². The lowest BCUT2D eigenvalue weighted by atomic mass is 10.2. The van der Waals surface area contributed by atoms with Crippen molar-refractivity contribution in [1.29, 1.82) is 0 Å². The fourth-order valence-corrected chi connectivity index (χ4v) is 2.38. The monoisotopic (exact) mass is 334 g/mol. The third kappa shape index (κ3) is 3.33. The summed E-state index contributed by atoms with van der Waals surface area (Å²) in [4.78, 5) is 8.51. The fraction of sp³-hybridized carbons (Fsp3) is 0.312. The molecule has 0 unspecified atom stereocenters. The lowest BCUT2D eigenvalue weighted by molar-refractivity contribution is 0.199. The quantitative estimate of drug-likeness (QED) is 0.693. The maximum Gasteiger partial charge on any atom is 0.249 e. The minimum atomic E-state index is -0.660. The van der Waals surface area contributed by atoms with Crippen molar-refractivity contribution in [2.45, 2.75) is 19.4 Å². The third-order valence-electron chi connectivity index (χ3n) is 3.58. The predicted octanol–water partition coefficient (Wildman–Crippen LogP) is 3.01. The van der Waals surface area contributed by atoms with Gasteiger partial charge in [0.15, 0.2) is 5.82 Å². The molecule has 2 heterocycles. The van der Waals surface area contributed by atoms with Gasteiger partial charge in [-0.1, -0.05) is 5.16 Å². The Kier molecular flexibility index (Phi) is 4.66. The van der Waals surface area contributed by atoms with Crippen molar-refractivity contribution < 1.29 is 18.0 Å². The molecule has 0 aliphatic carbocycles. The molecule has 0 spiro atoms. The van der Waals surface area contributed by atoms with E-state index in [0.717, 1.165) is 6.07 Å². The highest BCUT2D eigenvalue weighted by molar-refractivity contribution is 5.56. The summed E-state index contributed by atoms with van der Waals surface area (Å²) in [6.45, 7) is 2.33. The highest BCUT2D eigenvalue weighted by atomic mass is 19.1. The van der Waals surface area contributed by atoms with Gasteiger partial charge in [0.2, 0.25) is 5.89 Å². The van der Waals surface area contributed by atoms with Gasteiger partial charge in [0.25, 0.3) is 0 Å². The van der Waals surface area contributed by atoms with Crippen LogP contribution in [0.3, 0.4) is 0 Å². The molecule has 126 valence electrons. The molecule has 0 fully saturated rings. The van der Waals surface area contributed by atoms with Crippen LogP contribution in [0.1, 0.15) is 24.7 Å². The van der Waals surface area contributed by atoms with Crippen molar-refractivity contribution >= 4 is 0 Å². The maximum atomic E-state index is 13.5. The van der Waals surface area contributed by atoms with Crippen LogP contribution in [-0.2, 0) is 11.2 Å². The van der Waals surface area contributed by atoms with E-state index in [4.69, 9.17) is 9.26 Å². The average Bonchev–Trinajstić information content (AvgIpc) is 3.20. The minimum absolute atomic E-state index is 0.336. The predicted molar refractivity (Wildman–Crippen MR) is 81.3 cm³/mol. The van der Waals surface area contributed by atoms with Crippen LogP contribution in [0.5, 0.6) is 0 Å². The number of hydrogen-bond acceptors (Lipinski definition) is 5. The molecule has 3 rings (SSSR count). The van der Waals surface area contributed by atoms with E-state index < -0.39 is 11.6 Å². The standard InChI is InChI=1S/C16H16F2N4O2/c1-10(16-20-14(21-24-16)3-6-23-2)22-5-4-19-15(22)11-7-12(17)9-13(18)8-11/h4-5,7-10H,3,6H2,1-2H3/t10-/m1/s1. The Labute approximate surface area is 137 Å². The number of rotatable bonds is 6. The fourth-order valence-electron chi connectivity index (χ4n) is 2.38. The van der Waals surface area contributed by atoms with Gasteiger partial charge in [-0.05, 0) is 19.1 Å². The molecule has 2 aromatic heterocycles. The smallest absolute Gasteiger partial charge is 0.249 e. The lowest BCUT2D eigenvalue weighted by Gasteiger charge is -2.12. The summed E-state index contributed by atoms with van der Waals surface area (Å²) in [7, 11) is 1.60. The van der Waals surface area contributed by atoms with Crippen LogP contribution in [-0.4, -0.2) is 33.4 Å². The number of ether oxygens (including phenoxy) is 1. The molecule has 1 atom stereocenters. The summed E-state index contributed by atoms with van der Waals surface area (Å²) in [5.74, 6) is 0.0191. The van der Waals surface area contributed by atoms with E-state index in [1.807, 2.05) is 6.92 Å². The molecule has 3 aromatic rings. The van der Waals surface area contributed by atoms with E-state index in [1.165, 1.54) is 12.1 Å². The minimum Gasteiger partial charge on any atom is -0.384 e. The zero-order valence-corrected chi connectivity index (χ0v) is 13.2. The number of halogens is 2. The van der Waals surface area contributed by atoms with Gasteiger partial charge in [-0.15, -0.1) is 0 Å². The maximum absolute atomic E-state index is 13.5. The molecule has 0 amide bonds. The number of imidazole rings is 1.